The molecule has 90 valence electrons. The number of carbonyl (C=O) groups excluding carboxylic acids is 1. The Morgan fingerprint density at radius 1 is 1.53 bits per heavy atom. The number of aryl methyl sites for hydroxylation is 1. The lowest BCUT2D eigenvalue weighted by atomic mass is 10.2. The van der Waals surface area contributed by atoms with E-state index in [-0.39, 0.29) is 5.97 Å². The lowest BCUT2D eigenvalue weighted by Crippen LogP contribution is -2.11. The minimum atomic E-state index is -0.272. The molecule has 17 heavy (non-hydrogen) atoms. The maximum Gasteiger partial charge on any atom is 0.356 e. The van der Waals surface area contributed by atoms with E-state index in [1.807, 2.05) is 36.7 Å². The molecule has 1 heterocycles. The van der Waals surface area contributed by atoms with Crippen molar-refractivity contribution in [2.24, 2.45) is 7.05 Å². The van der Waals surface area contributed by atoms with Crippen molar-refractivity contribution < 1.29 is 9.53 Å². The number of ether oxygens (including phenoxy) is 1. The second kappa shape index (κ2) is 4.97. The molecule has 2 rings (SSSR count). The van der Waals surface area contributed by atoms with E-state index in [1.165, 1.54) is 0 Å². The molecule has 0 aliphatic rings. The largest absolute Gasteiger partial charge is 0.461 e. The highest BCUT2D eigenvalue weighted by Crippen LogP contribution is 2.29. The fourth-order valence-corrected chi connectivity index (χ4v) is 3.17. The summed E-state index contributed by atoms with van der Waals surface area (Å²) in [6.45, 7) is 2.20. The van der Waals surface area contributed by atoms with Crippen LogP contribution in [0.2, 0.25) is 0 Å². The Labute approximate surface area is 121 Å². The molecule has 0 N–H and O–H groups in total. The zero-order chi connectivity index (χ0) is 12.6. The van der Waals surface area contributed by atoms with Crippen LogP contribution in [0.3, 0.4) is 0 Å². The number of esters is 1. The Balaban J connectivity index is 2.68. The summed E-state index contributed by atoms with van der Waals surface area (Å²) in [5, 5.41) is 1.06. The van der Waals surface area contributed by atoms with Crippen LogP contribution in [0.5, 0.6) is 0 Å². The van der Waals surface area contributed by atoms with Crippen LogP contribution in [-0.2, 0) is 11.8 Å². The predicted molar refractivity (Wildman–Crippen MR) is 79.3 cm³/mol. The van der Waals surface area contributed by atoms with Gasteiger partial charge in [0.25, 0.3) is 0 Å². The number of carbonyl (C=O) groups is 1. The molecule has 0 bridgehead atoms. The molecule has 0 unspecified atom stereocenters. The van der Waals surface area contributed by atoms with Crippen molar-refractivity contribution in [1.82, 2.24) is 4.57 Å². The van der Waals surface area contributed by atoms with Gasteiger partial charge in [0.05, 0.1) is 10.2 Å². The predicted octanol–water partition coefficient (Wildman–Crippen LogP) is 3.72. The van der Waals surface area contributed by atoms with Gasteiger partial charge in [-0.05, 0) is 47.7 Å². The second-order valence-electron chi connectivity index (χ2n) is 3.60. The van der Waals surface area contributed by atoms with E-state index in [0.717, 1.165) is 18.9 Å². The summed E-state index contributed by atoms with van der Waals surface area (Å²) in [6.07, 6.45) is 0. The highest BCUT2D eigenvalue weighted by molar-refractivity contribution is 14.1. The summed E-state index contributed by atoms with van der Waals surface area (Å²) in [7, 11) is 1.88. The maximum absolute atomic E-state index is 11.9. The fraction of sp³-hybridized carbons (Fsp3) is 0.250. The minimum absolute atomic E-state index is 0.272. The molecule has 0 fully saturated rings. The van der Waals surface area contributed by atoms with Gasteiger partial charge in [0.1, 0.15) is 5.69 Å². The van der Waals surface area contributed by atoms with E-state index in [2.05, 4.69) is 38.5 Å². The van der Waals surface area contributed by atoms with Crippen LogP contribution < -0.4 is 0 Å². The number of rotatable bonds is 2. The monoisotopic (exact) mass is 407 g/mol. The molecule has 5 heteroatoms. The van der Waals surface area contributed by atoms with Gasteiger partial charge in [-0.2, -0.15) is 0 Å². The Kier molecular flexibility index (Phi) is 3.77. The van der Waals surface area contributed by atoms with Gasteiger partial charge in [-0.25, -0.2) is 4.79 Å². The third-order valence-electron chi connectivity index (χ3n) is 2.57. The summed E-state index contributed by atoms with van der Waals surface area (Å²) < 4.78 is 8.88. The molecule has 1 aromatic heterocycles. The molecular weight excluding hydrogens is 397 g/mol. The van der Waals surface area contributed by atoms with Crippen molar-refractivity contribution in [3.8, 4) is 0 Å². The first-order chi connectivity index (χ1) is 8.06. The summed E-state index contributed by atoms with van der Waals surface area (Å²) in [5.41, 5.74) is 1.64. The molecule has 0 saturated carbocycles. The summed E-state index contributed by atoms with van der Waals surface area (Å²) in [5.74, 6) is -0.272. The number of hydrogen-bond acceptors (Lipinski definition) is 2. The summed E-state index contributed by atoms with van der Waals surface area (Å²) in [4.78, 5) is 11.9. The van der Waals surface area contributed by atoms with Crippen LogP contribution >= 0.6 is 38.5 Å². The zero-order valence-corrected chi connectivity index (χ0v) is 13.2. The smallest absolute Gasteiger partial charge is 0.356 e. The molecule has 0 radical (unpaired) electrons. The van der Waals surface area contributed by atoms with Gasteiger partial charge < -0.3 is 9.30 Å². The zero-order valence-electron chi connectivity index (χ0n) is 9.46. The van der Waals surface area contributed by atoms with E-state index in [0.29, 0.717) is 12.3 Å². The number of aromatic nitrogens is 1. The van der Waals surface area contributed by atoms with Crippen molar-refractivity contribution in [1.29, 1.82) is 0 Å². The molecule has 3 nitrogen and oxygen atoms in total. The lowest BCUT2D eigenvalue weighted by molar-refractivity contribution is 0.0514. The number of benzene rings is 1. The third kappa shape index (κ3) is 2.22. The van der Waals surface area contributed by atoms with Crippen LogP contribution in [0.1, 0.15) is 17.4 Å². The van der Waals surface area contributed by atoms with Gasteiger partial charge in [0.2, 0.25) is 0 Å². The van der Waals surface area contributed by atoms with Gasteiger partial charge in [-0.15, -0.1) is 0 Å². The van der Waals surface area contributed by atoms with Crippen molar-refractivity contribution in [3.63, 3.8) is 0 Å². The summed E-state index contributed by atoms with van der Waals surface area (Å²) in [6, 6.07) is 5.97. The van der Waals surface area contributed by atoms with Gasteiger partial charge >= 0.3 is 5.97 Å². The molecule has 0 aliphatic heterocycles. The normalized spacial score (nSPS) is 10.8. The molecule has 0 spiro atoms. The highest BCUT2D eigenvalue weighted by Gasteiger charge is 2.20. The molecule has 1 aromatic carbocycles. The number of hydrogen-bond donors (Lipinski definition) is 0. The topological polar surface area (TPSA) is 31.2 Å². The highest BCUT2D eigenvalue weighted by atomic mass is 127. The van der Waals surface area contributed by atoms with E-state index in [4.69, 9.17) is 4.74 Å². The van der Waals surface area contributed by atoms with Gasteiger partial charge in [-0.1, -0.05) is 15.9 Å². The number of fused-ring (bicyclic) bond motifs is 1. The first-order valence-electron chi connectivity index (χ1n) is 5.16. The van der Waals surface area contributed by atoms with Crippen molar-refractivity contribution >= 4 is 55.4 Å². The van der Waals surface area contributed by atoms with Crippen molar-refractivity contribution in [2.75, 3.05) is 6.61 Å². The van der Waals surface area contributed by atoms with Crippen molar-refractivity contribution in [2.45, 2.75) is 6.92 Å². The first kappa shape index (κ1) is 12.9. The SMILES string of the molecule is CCOC(=O)c1c(I)c2cc(Br)ccc2n1C. The average molecular weight is 408 g/mol. The van der Waals surface area contributed by atoms with E-state index in [9.17, 15) is 4.79 Å². The lowest BCUT2D eigenvalue weighted by Gasteiger charge is -2.04. The van der Waals surface area contributed by atoms with Crippen LogP contribution in [0.15, 0.2) is 22.7 Å². The Morgan fingerprint density at radius 2 is 2.24 bits per heavy atom. The maximum atomic E-state index is 11.9. The standard InChI is InChI=1S/C12H11BrINO2/c1-3-17-12(16)11-10(14)8-6-7(13)4-5-9(8)15(11)2/h4-6H,3H2,1-2H3. The van der Waals surface area contributed by atoms with E-state index >= 15 is 0 Å². The van der Waals surface area contributed by atoms with Gasteiger partial charge in [0, 0.05) is 22.4 Å². The fourth-order valence-electron chi connectivity index (χ4n) is 1.80. The quantitative estimate of drug-likeness (QED) is 0.561. The Bertz CT molecular complexity index is 592. The average Bonchev–Trinajstić information content (AvgIpc) is 2.52. The molecule has 0 amide bonds. The third-order valence-corrected chi connectivity index (χ3v) is 4.15. The van der Waals surface area contributed by atoms with Crippen LogP contribution in [0, 0.1) is 3.57 Å². The number of nitrogens with zero attached hydrogens (tertiary/aromatic N) is 1. The molecule has 2 aromatic rings. The van der Waals surface area contributed by atoms with Crippen LogP contribution in [-0.4, -0.2) is 17.1 Å². The van der Waals surface area contributed by atoms with Crippen LogP contribution in [0.4, 0.5) is 0 Å². The molecule has 0 aliphatic carbocycles. The molecule has 0 saturated heterocycles. The Morgan fingerprint density at radius 3 is 2.88 bits per heavy atom. The Hall–Kier alpha value is -0.560. The van der Waals surface area contributed by atoms with E-state index < -0.39 is 0 Å². The van der Waals surface area contributed by atoms with E-state index in [1.54, 1.807) is 0 Å². The molecule has 0 atom stereocenters. The van der Waals surface area contributed by atoms with Gasteiger partial charge in [0.15, 0.2) is 0 Å². The first-order valence-corrected chi connectivity index (χ1v) is 7.04. The summed E-state index contributed by atoms with van der Waals surface area (Å²) >= 11 is 5.63. The van der Waals surface area contributed by atoms with Crippen LogP contribution in [0.25, 0.3) is 10.9 Å². The minimum Gasteiger partial charge on any atom is -0.461 e. The van der Waals surface area contributed by atoms with Crippen molar-refractivity contribution in [3.05, 3.63) is 31.9 Å². The second-order valence-corrected chi connectivity index (χ2v) is 5.60. The number of halogens is 2. The molecular formula is C12H11BrINO2. The van der Waals surface area contributed by atoms with Gasteiger partial charge in [-0.3, -0.25) is 0 Å².